The highest BCUT2D eigenvalue weighted by Gasteiger charge is 2.22. The van der Waals surface area contributed by atoms with Gasteiger partial charge >= 0.3 is 0 Å². The number of nitrogens with one attached hydrogen (secondary N) is 1. The minimum absolute atomic E-state index is 0.177. The summed E-state index contributed by atoms with van der Waals surface area (Å²) in [5.41, 5.74) is 0.831. The van der Waals surface area contributed by atoms with Crippen LogP contribution in [0.1, 0.15) is 43.6 Å². The SMILES string of the molecule is CCCn1cccc1C(=O)N(CC)CC1CCCNC1. The zero-order valence-corrected chi connectivity index (χ0v) is 12.8. The number of hydrogen-bond donors (Lipinski definition) is 1. The maximum absolute atomic E-state index is 12.7. The summed E-state index contributed by atoms with van der Waals surface area (Å²) in [5, 5.41) is 3.43. The molecule has 0 radical (unpaired) electrons. The molecule has 1 aromatic heterocycles. The van der Waals surface area contributed by atoms with Crippen LogP contribution in [0.3, 0.4) is 0 Å². The minimum Gasteiger partial charge on any atom is -0.344 e. The van der Waals surface area contributed by atoms with Crippen LogP contribution in [0.2, 0.25) is 0 Å². The molecule has 1 N–H and O–H groups in total. The lowest BCUT2D eigenvalue weighted by molar-refractivity contribution is 0.0718. The Hall–Kier alpha value is -1.29. The molecule has 20 heavy (non-hydrogen) atoms. The summed E-state index contributed by atoms with van der Waals surface area (Å²) < 4.78 is 2.07. The summed E-state index contributed by atoms with van der Waals surface area (Å²) in [5.74, 6) is 0.777. The molecule has 0 saturated carbocycles. The van der Waals surface area contributed by atoms with Crippen molar-refractivity contribution in [1.82, 2.24) is 14.8 Å². The van der Waals surface area contributed by atoms with Gasteiger partial charge in [-0.2, -0.15) is 0 Å². The minimum atomic E-state index is 0.177. The first kappa shape index (κ1) is 15.1. The van der Waals surface area contributed by atoms with Crippen molar-refractivity contribution in [3.8, 4) is 0 Å². The van der Waals surface area contributed by atoms with E-state index in [1.807, 2.05) is 23.2 Å². The van der Waals surface area contributed by atoms with E-state index in [4.69, 9.17) is 0 Å². The third-order valence-corrected chi connectivity index (χ3v) is 4.06. The lowest BCUT2D eigenvalue weighted by Gasteiger charge is -2.29. The monoisotopic (exact) mass is 277 g/mol. The Morgan fingerprint density at radius 1 is 1.50 bits per heavy atom. The van der Waals surface area contributed by atoms with E-state index in [1.54, 1.807) is 0 Å². The van der Waals surface area contributed by atoms with E-state index in [-0.39, 0.29) is 5.91 Å². The smallest absolute Gasteiger partial charge is 0.270 e. The number of carbonyl (C=O) groups excluding carboxylic acids is 1. The number of nitrogens with zero attached hydrogens (tertiary/aromatic N) is 2. The van der Waals surface area contributed by atoms with E-state index in [0.717, 1.165) is 44.8 Å². The number of rotatable bonds is 6. The fourth-order valence-electron chi connectivity index (χ4n) is 2.95. The fourth-order valence-corrected chi connectivity index (χ4v) is 2.95. The van der Waals surface area contributed by atoms with Crippen molar-refractivity contribution in [2.75, 3.05) is 26.2 Å². The molecule has 1 aliphatic rings. The predicted molar refractivity (Wildman–Crippen MR) is 81.9 cm³/mol. The van der Waals surface area contributed by atoms with E-state index in [9.17, 15) is 4.79 Å². The fraction of sp³-hybridized carbons (Fsp3) is 0.688. The van der Waals surface area contributed by atoms with Gasteiger partial charge in [0.05, 0.1) is 0 Å². The Kier molecular flexibility index (Phi) is 5.65. The standard InChI is InChI=1S/C16H27N3O/c1-3-10-19-11-6-8-15(19)16(20)18(4-2)13-14-7-5-9-17-12-14/h6,8,11,14,17H,3-5,7,9-10,12-13H2,1-2H3. The van der Waals surface area contributed by atoms with Crippen LogP contribution in [0.15, 0.2) is 18.3 Å². The van der Waals surface area contributed by atoms with Crippen molar-refractivity contribution in [3.63, 3.8) is 0 Å². The normalized spacial score (nSPS) is 19.0. The van der Waals surface area contributed by atoms with Gasteiger partial charge in [-0.15, -0.1) is 0 Å². The number of aromatic nitrogens is 1. The molecule has 0 bridgehead atoms. The van der Waals surface area contributed by atoms with Gasteiger partial charge in [-0.3, -0.25) is 4.79 Å². The quantitative estimate of drug-likeness (QED) is 0.866. The largest absolute Gasteiger partial charge is 0.344 e. The van der Waals surface area contributed by atoms with Gasteiger partial charge < -0.3 is 14.8 Å². The average Bonchev–Trinajstić information content (AvgIpc) is 2.94. The molecule has 1 aliphatic heterocycles. The molecule has 1 amide bonds. The van der Waals surface area contributed by atoms with Crippen LogP contribution in [0, 0.1) is 5.92 Å². The number of hydrogen-bond acceptors (Lipinski definition) is 2. The molecule has 112 valence electrons. The van der Waals surface area contributed by atoms with Gasteiger partial charge in [0.2, 0.25) is 0 Å². The molecule has 0 aliphatic carbocycles. The first-order valence-corrected chi connectivity index (χ1v) is 7.91. The second kappa shape index (κ2) is 7.48. The van der Waals surface area contributed by atoms with E-state index < -0.39 is 0 Å². The van der Waals surface area contributed by atoms with Crippen LogP contribution < -0.4 is 5.32 Å². The van der Waals surface area contributed by atoms with Gasteiger partial charge in [0.25, 0.3) is 5.91 Å². The highest BCUT2D eigenvalue weighted by Crippen LogP contribution is 2.14. The van der Waals surface area contributed by atoms with Crippen LogP contribution in [-0.2, 0) is 6.54 Å². The molecule has 1 unspecified atom stereocenters. The Morgan fingerprint density at radius 2 is 2.35 bits per heavy atom. The topological polar surface area (TPSA) is 37.3 Å². The Morgan fingerprint density at radius 3 is 3.00 bits per heavy atom. The third kappa shape index (κ3) is 3.63. The summed E-state index contributed by atoms with van der Waals surface area (Å²) >= 11 is 0. The highest BCUT2D eigenvalue weighted by molar-refractivity contribution is 5.92. The molecule has 0 aromatic carbocycles. The second-order valence-corrected chi connectivity index (χ2v) is 5.64. The highest BCUT2D eigenvalue weighted by atomic mass is 16.2. The maximum Gasteiger partial charge on any atom is 0.270 e. The van der Waals surface area contributed by atoms with Crippen molar-refractivity contribution in [2.45, 2.75) is 39.7 Å². The number of amides is 1. The lowest BCUT2D eigenvalue weighted by atomic mass is 9.99. The summed E-state index contributed by atoms with van der Waals surface area (Å²) in [6.45, 7) is 8.94. The van der Waals surface area contributed by atoms with E-state index in [0.29, 0.717) is 5.92 Å². The first-order valence-electron chi connectivity index (χ1n) is 7.91. The Labute approximate surface area is 122 Å². The van der Waals surface area contributed by atoms with Crippen molar-refractivity contribution in [2.24, 2.45) is 5.92 Å². The number of piperidine rings is 1. The van der Waals surface area contributed by atoms with Gasteiger partial charge in [0, 0.05) is 25.8 Å². The van der Waals surface area contributed by atoms with Gasteiger partial charge in [0.1, 0.15) is 5.69 Å². The summed E-state index contributed by atoms with van der Waals surface area (Å²) in [6, 6.07) is 3.92. The van der Waals surface area contributed by atoms with Gasteiger partial charge in [-0.05, 0) is 57.3 Å². The van der Waals surface area contributed by atoms with Gasteiger partial charge in [-0.25, -0.2) is 0 Å². The van der Waals surface area contributed by atoms with Crippen LogP contribution in [0.4, 0.5) is 0 Å². The molecule has 1 atom stereocenters. The van der Waals surface area contributed by atoms with Crippen LogP contribution in [0.25, 0.3) is 0 Å². The third-order valence-electron chi connectivity index (χ3n) is 4.06. The van der Waals surface area contributed by atoms with E-state index in [1.165, 1.54) is 12.8 Å². The summed E-state index contributed by atoms with van der Waals surface area (Å²) in [6.07, 6.45) is 5.51. The van der Waals surface area contributed by atoms with Crippen molar-refractivity contribution < 1.29 is 4.79 Å². The average molecular weight is 277 g/mol. The van der Waals surface area contributed by atoms with Gasteiger partial charge in [-0.1, -0.05) is 6.92 Å². The summed E-state index contributed by atoms with van der Waals surface area (Å²) in [7, 11) is 0. The molecular weight excluding hydrogens is 250 g/mol. The Bertz CT molecular complexity index is 421. The van der Waals surface area contributed by atoms with Crippen molar-refractivity contribution >= 4 is 5.91 Å². The molecule has 2 rings (SSSR count). The van der Waals surface area contributed by atoms with Crippen molar-refractivity contribution in [3.05, 3.63) is 24.0 Å². The number of carbonyl (C=O) groups is 1. The zero-order chi connectivity index (χ0) is 14.4. The Balaban J connectivity index is 2.02. The zero-order valence-electron chi connectivity index (χ0n) is 12.8. The first-order chi connectivity index (χ1) is 9.76. The molecule has 4 nitrogen and oxygen atoms in total. The van der Waals surface area contributed by atoms with Crippen LogP contribution in [-0.4, -0.2) is 41.6 Å². The van der Waals surface area contributed by atoms with Crippen LogP contribution in [0.5, 0.6) is 0 Å². The van der Waals surface area contributed by atoms with Gasteiger partial charge in [0.15, 0.2) is 0 Å². The summed E-state index contributed by atoms with van der Waals surface area (Å²) in [4.78, 5) is 14.7. The van der Waals surface area contributed by atoms with E-state index >= 15 is 0 Å². The second-order valence-electron chi connectivity index (χ2n) is 5.64. The maximum atomic E-state index is 12.7. The molecule has 1 saturated heterocycles. The molecule has 0 spiro atoms. The molecule has 1 fully saturated rings. The number of aryl methyl sites for hydroxylation is 1. The molecule has 2 heterocycles. The predicted octanol–water partition coefficient (Wildman–Crippen LogP) is 2.36. The van der Waals surface area contributed by atoms with Crippen molar-refractivity contribution in [1.29, 1.82) is 0 Å². The van der Waals surface area contributed by atoms with E-state index in [2.05, 4.69) is 23.7 Å². The molecule has 1 aromatic rings. The van der Waals surface area contributed by atoms with Crippen LogP contribution >= 0.6 is 0 Å². The molecular formula is C16H27N3O. The molecule has 4 heteroatoms. The lowest BCUT2D eigenvalue weighted by Crippen LogP contribution is -2.41.